The number of rotatable bonds is 3. The molecule has 0 aliphatic carbocycles. The Bertz CT molecular complexity index is 606. The molecular formula is C15H12BrNO2. The van der Waals surface area contributed by atoms with Crippen molar-refractivity contribution in [3.05, 3.63) is 63.9 Å². The monoisotopic (exact) mass is 317 g/mol. The van der Waals surface area contributed by atoms with E-state index < -0.39 is 0 Å². The van der Waals surface area contributed by atoms with E-state index in [1.54, 1.807) is 24.4 Å². The SMILES string of the molecule is COC(=O)c1cccnc1/C=C/c1ccc(Br)cc1. The molecule has 0 aliphatic heterocycles. The lowest BCUT2D eigenvalue weighted by atomic mass is 10.1. The fourth-order valence-electron chi connectivity index (χ4n) is 1.58. The van der Waals surface area contributed by atoms with E-state index in [0.717, 1.165) is 10.0 Å². The molecular weight excluding hydrogens is 306 g/mol. The van der Waals surface area contributed by atoms with Crippen LogP contribution in [0.2, 0.25) is 0 Å². The van der Waals surface area contributed by atoms with E-state index in [-0.39, 0.29) is 5.97 Å². The van der Waals surface area contributed by atoms with Gasteiger partial charge < -0.3 is 4.74 Å². The topological polar surface area (TPSA) is 39.2 Å². The second-order valence-corrected chi connectivity index (χ2v) is 4.73. The molecule has 0 amide bonds. The number of carbonyl (C=O) groups excluding carboxylic acids is 1. The Balaban J connectivity index is 2.28. The van der Waals surface area contributed by atoms with Crippen LogP contribution in [0.15, 0.2) is 47.1 Å². The molecule has 0 bridgehead atoms. The Kier molecular flexibility index (Phi) is 4.47. The van der Waals surface area contributed by atoms with E-state index >= 15 is 0 Å². The highest BCUT2D eigenvalue weighted by Crippen LogP contribution is 2.14. The van der Waals surface area contributed by atoms with Crippen molar-refractivity contribution >= 4 is 34.1 Å². The number of aromatic nitrogens is 1. The summed E-state index contributed by atoms with van der Waals surface area (Å²) in [6, 6.07) is 11.3. The second-order valence-electron chi connectivity index (χ2n) is 3.81. The lowest BCUT2D eigenvalue weighted by Gasteiger charge is -2.02. The molecule has 1 heterocycles. The quantitative estimate of drug-likeness (QED) is 0.808. The van der Waals surface area contributed by atoms with Crippen molar-refractivity contribution in [3.8, 4) is 0 Å². The van der Waals surface area contributed by atoms with Gasteiger partial charge in [0.1, 0.15) is 0 Å². The summed E-state index contributed by atoms with van der Waals surface area (Å²) in [6.45, 7) is 0. The second kappa shape index (κ2) is 6.29. The van der Waals surface area contributed by atoms with Crippen LogP contribution in [0.5, 0.6) is 0 Å². The molecule has 1 aromatic carbocycles. The first-order valence-corrected chi connectivity index (χ1v) is 6.47. The van der Waals surface area contributed by atoms with Crippen LogP contribution in [0, 0.1) is 0 Å². The summed E-state index contributed by atoms with van der Waals surface area (Å²) in [7, 11) is 1.36. The van der Waals surface area contributed by atoms with Gasteiger partial charge >= 0.3 is 5.97 Å². The van der Waals surface area contributed by atoms with Crippen LogP contribution in [0.3, 0.4) is 0 Å². The smallest absolute Gasteiger partial charge is 0.340 e. The molecule has 0 radical (unpaired) electrons. The summed E-state index contributed by atoms with van der Waals surface area (Å²) in [4.78, 5) is 15.8. The summed E-state index contributed by atoms with van der Waals surface area (Å²) in [5.41, 5.74) is 2.08. The summed E-state index contributed by atoms with van der Waals surface area (Å²) in [6.07, 6.45) is 5.35. The Morgan fingerprint density at radius 1 is 1.21 bits per heavy atom. The number of esters is 1. The average Bonchev–Trinajstić information content (AvgIpc) is 2.46. The van der Waals surface area contributed by atoms with E-state index in [2.05, 4.69) is 20.9 Å². The molecule has 2 aromatic rings. The standard InChI is InChI=1S/C15H12BrNO2/c1-19-15(18)13-3-2-10-17-14(13)9-6-11-4-7-12(16)8-5-11/h2-10H,1H3/b9-6+. The van der Waals surface area contributed by atoms with Gasteiger partial charge in [-0.05, 0) is 35.9 Å². The maximum atomic E-state index is 11.6. The number of ether oxygens (including phenoxy) is 1. The minimum absolute atomic E-state index is 0.386. The molecule has 1 aromatic heterocycles. The fraction of sp³-hybridized carbons (Fsp3) is 0.0667. The average molecular weight is 318 g/mol. The molecule has 0 atom stereocenters. The zero-order valence-electron chi connectivity index (χ0n) is 10.3. The van der Waals surface area contributed by atoms with E-state index in [4.69, 9.17) is 4.74 Å². The van der Waals surface area contributed by atoms with Gasteiger partial charge in [-0.2, -0.15) is 0 Å². The Morgan fingerprint density at radius 3 is 2.63 bits per heavy atom. The number of methoxy groups -OCH3 is 1. The van der Waals surface area contributed by atoms with Crippen LogP contribution in [-0.4, -0.2) is 18.1 Å². The summed E-state index contributed by atoms with van der Waals surface area (Å²) < 4.78 is 5.75. The third-order valence-electron chi connectivity index (χ3n) is 2.55. The first-order chi connectivity index (χ1) is 9.20. The highest BCUT2D eigenvalue weighted by molar-refractivity contribution is 9.10. The van der Waals surface area contributed by atoms with Gasteiger partial charge in [0.2, 0.25) is 0 Å². The zero-order chi connectivity index (χ0) is 13.7. The van der Waals surface area contributed by atoms with Crippen molar-refractivity contribution in [2.24, 2.45) is 0 Å². The molecule has 19 heavy (non-hydrogen) atoms. The van der Waals surface area contributed by atoms with E-state index in [0.29, 0.717) is 11.3 Å². The summed E-state index contributed by atoms with van der Waals surface area (Å²) in [5.74, 6) is -0.386. The lowest BCUT2D eigenvalue weighted by molar-refractivity contribution is 0.0600. The van der Waals surface area contributed by atoms with Crippen LogP contribution in [-0.2, 0) is 4.74 Å². The Morgan fingerprint density at radius 2 is 1.95 bits per heavy atom. The number of pyridine rings is 1. The number of benzene rings is 1. The van der Waals surface area contributed by atoms with E-state index in [1.807, 2.05) is 30.3 Å². The molecule has 0 saturated heterocycles. The molecule has 0 saturated carbocycles. The van der Waals surface area contributed by atoms with Crippen LogP contribution in [0.4, 0.5) is 0 Å². The van der Waals surface area contributed by atoms with Gasteiger partial charge in [0.15, 0.2) is 0 Å². The molecule has 0 spiro atoms. The van der Waals surface area contributed by atoms with Crippen molar-refractivity contribution in [1.29, 1.82) is 0 Å². The number of carbonyl (C=O) groups is 1. The molecule has 0 unspecified atom stereocenters. The van der Waals surface area contributed by atoms with Crippen LogP contribution in [0.25, 0.3) is 12.2 Å². The van der Waals surface area contributed by atoms with Gasteiger partial charge in [-0.1, -0.05) is 34.1 Å². The van der Waals surface area contributed by atoms with Crippen LogP contribution >= 0.6 is 15.9 Å². The number of hydrogen-bond acceptors (Lipinski definition) is 3. The van der Waals surface area contributed by atoms with Crippen LogP contribution in [0.1, 0.15) is 21.6 Å². The first kappa shape index (κ1) is 13.5. The highest BCUT2D eigenvalue weighted by atomic mass is 79.9. The van der Waals surface area contributed by atoms with Gasteiger partial charge in [0.25, 0.3) is 0 Å². The van der Waals surface area contributed by atoms with Crippen LogP contribution < -0.4 is 0 Å². The third-order valence-corrected chi connectivity index (χ3v) is 3.08. The lowest BCUT2D eigenvalue weighted by Crippen LogP contribution is -2.04. The van der Waals surface area contributed by atoms with Crippen molar-refractivity contribution in [1.82, 2.24) is 4.98 Å². The predicted molar refractivity (Wildman–Crippen MR) is 78.6 cm³/mol. The van der Waals surface area contributed by atoms with Gasteiger partial charge in [-0.25, -0.2) is 4.79 Å². The maximum absolute atomic E-state index is 11.6. The number of hydrogen-bond donors (Lipinski definition) is 0. The molecule has 0 fully saturated rings. The normalized spacial score (nSPS) is 10.6. The minimum atomic E-state index is -0.386. The highest BCUT2D eigenvalue weighted by Gasteiger charge is 2.09. The van der Waals surface area contributed by atoms with Gasteiger partial charge in [0.05, 0.1) is 18.4 Å². The van der Waals surface area contributed by atoms with E-state index in [9.17, 15) is 4.79 Å². The Hall–Kier alpha value is -1.94. The first-order valence-electron chi connectivity index (χ1n) is 5.67. The third kappa shape index (κ3) is 3.51. The van der Waals surface area contributed by atoms with Crippen molar-refractivity contribution in [3.63, 3.8) is 0 Å². The van der Waals surface area contributed by atoms with Crippen molar-refractivity contribution in [2.45, 2.75) is 0 Å². The summed E-state index contributed by atoms with van der Waals surface area (Å²) >= 11 is 3.38. The van der Waals surface area contributed by atoms with Gasteiger partial charge in [0, 0.05) is 10.7 Å². The van der Waals surface area contributed by atoms with Crippen molar-refractivity contribution < 1.29 is 9.53 Å². The molecule has 2 rings (SSSR count). The Labute approximate surface area is 120 Å². The maximum Gasteiger partial charge on any atom is 0.340 e. The molecule has 0 N–H and O–H groups in total. The largest absolute Gasteiger partial charge is 0.465 e. The van der Waals surface area contributed by atoms with Crippen molar-refractivity contribution in [2.75, 3.05) is 7.11 Å². The molecule has 3 nitrogen and oxygen atoms in total. The molecule has 4 heteroatoms. The fourth-order valence-corrected chi connectivity index (χ4v) is 1.85. The minimum Gasteiger partial charge on any atom is -0.465 e. The number of halogens is 1. The van der Waals surface area contributed by atoms with Gasteiger partial charge in [-0.3, -0.25) is 4.98 Å². The van der Waals surface area contributed by atoms with E-state index in [1.165, 1.54) is 7.11 Å². The predicted octanol–water partition coefficient (Wildman–Crippen LogP) is 3.80. The molecule has 0 aliphatic rings. The molecule has 96 valence electrons. The zero-order valence-corrected chi connectivity index (χ0v) is 11.9. The summed E-state index contributed by atoms with van der Waals surface area (Å²) in [5, 5.41) is 0. The van der Waals surface area contributed by atoms with Gasteiger partial charge in [-0.15, -0.1) is 0 Å². The number of nitrogens with zero attached hydrogens (tertiary/aromatic N) is 1.